The van der Waals surface area contributed by atoms with Gasteiger partial charge in [-0.3, -0.25) is 0 Å². The summed E-state index contributed by atoms with van der Waals surface area (Å²) in [6.45, 7) is 1.84. The Bertz CT molecular complexity index is 531. The van der Waals surface area contributed by atoms with Gasteiger partial charge in [-0.2, -0.15) is 5.26 Å². The highest BCUT2D eigenvalue weighted by atomic mass is 32.2. The predicted octanol–water partition coefficient (Wildman–Crippen LogP) is 3.35. The van der Waals surface area contributed by atoms with E-state index in [0.29, 0.717) is 0 Å². The summed E-state index contributed by atoms with van der Waals surface area (Å²) >= 11 is 1.50. The van der Waals surface area contributed by atoms with Gasteiger partial charge in [0.05, 0.1) is 6.07 Å². The van der Waals surface area contributed by atoms with Gasteiger partial charge in [0, 0.05) is 4.90 Å². The Hall–Kier alpha value is -1.50. The Morgan fingerprint density at radius 1 is 1.19 bits per heavy atom. The van der Waals surface area contributed by atoms with E-state index >= 15 is 0 Å². The zero-order chi connectivity index (χ0) is 11.4. The molecule has 0 aliphatic carbocycles. The van der Waals surface area contributed by atoms with Gasteiger partial charge in [-0.25, -0.2) is 4.72 Å². The molecule has 0 heterocycles. The Morgan fingerprint density at radius 2 is 1.94 bits per heavy atom. The van der Waals surface area contributed by atoms with Crippen LogP contribution in [-0.4, -0.2) is 6.04 Å². The third-order valence-electron chi connectivity index (χ3n) is 2.27. The third kappa shape index (κ3) is 2.54. The monoisotopic (exact) mass is 228 g/mol. The maximum absolute atomic E-state index is 8.66. The van der Waals surface area contributed by atoms with E-state index in [0.717, 1.165) is 4.90 Å². The number of nitrogens with one attached hydrogen (secondary N) is 1. The number of benzene rings is 2. The third-order valence-corrected chi connectivity index (χ3v) is 3.23. The van der Waals surface area contributed by atoms with Gasteiger partial charge in [0.15, 0.2) is 0 Å². The summed E-state index contributed by atoms with van der Waals surface area (Å²) in [5, 5.41) is 11.1. The van der Waals surface area contributed by atoms with Crippen molar-refractivity contribution in [1.82, 2.24) is 4.72 Å². The van der Waals surface area contributed by atoms with Crippen LogP contribution >= 0.6 is 11.9 Å². The van der Waals surface area contributed by atoms with Gasteiger partial charge < -0.3 is 0 Å². The number of fused-ring (bicyclic) bond motifs is 1. The average Bonchev–Trinajstić information content (AvgIpc) is 2.35. The van der Waals surface area contributed by atoms with E-state index in [2.05, 4.69) is 41.1 Å². The molecule has 1 unspecified atom stereocenters. The van der Waals surface area contributed by atoms with Crippen molar-refractivity contribution in [3.8, 4) is 6.07 Å². The Labute approximate surface area is 99.4 Å². The predicted molar refractivity (Wildman–Crippen MR) is 68.0 cm³/mol. The zero-order valence-corrected chi connectivity index (χ0v) is 9.79. The molecule has 0 radical (unpaired) electrons. The molecule has 0 saturated carbocycles. The van der Waals surface area contributed by atoms with Gasteiger partial charge in [-0.15, -0.1) is 0 Å². The lowest BCUT2D eigenvalue weighted by atomic mass is 10.1. The van der Waals surface area contributed by atoms with Crippen LogP contribution in [0, 0.1) is 11.3 Å². The number of hydrogen-bond acceptors (Lipinski definition) is 3. The largest absolute Gasteiger partial charge is 0.243 e. The van der Waals surface area contributed by atoms with Crippen LogP contribution in [0.3, 0.4) is 0 Å². The maximum Gasteiger partial charge on any atom is 0.102 e. The molecule has 2 aromatic rings. The smallest absolute Gasteiger partial charge is 0.102 e. The first-order valence-corrected chi connectivity index (χ1v) is 5.92. The normalized spacial score (nSPS) is 12.2. The summed E-state index contributed by atoms with van der Waals surface area (Å²) in [7, 11) is 0. The Morgan fingerprint density at radius 3 is 2.69 bits per heavy atom. The molecule has 80 valence electrons. The van der Waals surface area contributed by atoms with E-state index in [-0.39, 0.29) is 6.04 Å². The number of rotatable bonds is 3. The van der Waals surface area contributed by atoms with Crippen molar-refractivity contribution in [3.05, 3.63) is 42.5 Å². The fourth-order valence-electron chi connectivity index (χ4n) is 1.41. The van der Waals surface area contributed by atoms with Crippen LogP contribution < -0.4 is 4.72 Å². The molecule has 1 N–H and O–H groups in total. The first-order valence-electron chi connectivity index (χ1n) is 5.10. The van der Waals surface area contributed by atoms with E-state index < -0.39 is 0 Å². The minimum atomic E-state index is -0.142. The van der Waals surface area contributed by atoms with Crippen molar-refractivity contribution in [2.24, 2.45) is 0 Å². The van der Waals surface area contributed by atoms with Crippen molar-refractivity contribution >= 4 is 22.7 Å². The van der Waals surface area contributed by atoms with Crippen LogP contribution in [0.1, 0.15) is 6.92 Å². The highest BCUT2D eigenvalue weighted by molar-refractivity contribution is 7.97. The molecule has 0 fully saturated rings. The van der Waals surface area contributed by atoms with Crippen molar-refractivity contribution < 1.29 is 0 Å². The summed E-state index contributed by atoms with van der Waals surface area (Å²) in [5.74, 6) is 0. The van der Waals surface area contributed by atoms with E-state index in [4.69, 9.17) is 5.26 Å². The van der Waals surface area contributed by atoms with Crippen molar-refractivity contribution in [1.29, 1.82) is 5.26 Å². The van der Waals surface area contributed by atoms with Gasteiger partial charge in [0.2, 0.25) is 0 Å². The van der Waals surface area contributed by atoms with E-state index in [9.17, 15) is 0 Å². The van der Waals surface area contributed by atoms with Crippen molar-refractivity contribution in [2.45, 2.75) is 17.9 Å². The van der Waals surface area contributed by atoms with Gasteiger partial charge in [0.25, 0.3) is 0 Å². The minimum absolute atomic E-state index is 0.142. The SMILES string of the molecule is CC(C#N)NSc1ccc2ccccc2c1. The maximum atomic E-state index is 8.66. The van der Waals surface area contributed by atoms with Crippen LogP contribution in [0.4, 0.5) is 0 Å². The Balaban J connectivity index is 2.17. The number of nitriles is 1. The van der Waals surface area contributed by atoms with Crippen molar-refractivity contribution in [2.75, 3.05) is 0 Å². The molecule has 2 aromatic carbocycles. The second-order valence-electron chi connectivity index (χ2n) is 3.58. The molecule has 0 aliphatic heterocycles. The molecule has 0 aromatic heterocycles. The molecule has 0 spiro atoms. The quantitative estimate of drug-likeness (QED) is 0.818. The van der Waals surface area contributed by atoms with E-state index in [1.807, 2.05) is 19.1 Å². The van der Waals surface area contributed by atoms with E-state index in [1.54, 1.807) is 0 Å². The lowest BCUT2D eigenvalue weighted by molar-refractivity contribution is 0.865. The highest BCUT2D eigenvalue weighted by Crippen LogP contribution is 2.21. The number of nitrogens with zero attached hydrogens (tertiary/aromatic N) is 1. The van der Waals surface area contributed by atoms with Crippen LogP contribution in [-0.2, 0) is 0 Å². The van der Waals surface area contributed by atoms with Crippen molar-refractivity contribution in [3.63, 3.8) is 0 Å². The minimum Gasteiger partial charge on any atom is -0.243 e. The average molecular weight is 228 g/mol. The lowest BCUT2D eigenvalue weighted by Gasteiger charge is -2.06. The molecular formula is C13H12N2S. The van der Waals surface area contributed by atoms with Gasteiger partial charge >= 0.3 is 0 Å². The first kappa shape index (κ1) is 11.0. The molecule has 0 aliphatic rings. The van der Waals surface area contributed by atoms with Gasteiger partial charge in [0.1, 0.15) is 6.04 Å². The molecule has 2 rings (SSSR count). The standard InChI is InChI=1S/C13H12N2S/c1-10(9-14)15-16-13-7-6-11-4-2-3-5-12(11)8-13/h2-8,10,15H,1H3. The van der Waals surface area contributed by atoms with Crippen LogP contribution in [0.2, 0.25) is 0 Å². The van der Waals surface area contributed by atoms with Gasteiger partial charge in [-0.1, -0.05) is 30.3 Å². The highest BCUT2D eigenvalue weighted by Gasteiger charge is 2.00. The first-order chi connectivity index (χ1) is 7.79. The molecular weight excluding hydrogens is 216 g/mol. The molecule has 0 saturated heterocycles. The zero-order valence-electron chi connectivity index (χ0n) is 8.97. The molecule has 1 atom stereocenters. The topological polar surface area (TPSA) is 35.8 Å². The summed E-state index contributed by atoms with van der Waals surface area (Å²) in [4.78, 5) is 1.13. The molecule has 2 nitrogen and oxygen atoms in total. The molecule has 16 heavy (non-hydrogen) atoms. The molecule has 0 amide bonds. The summed E-state index contributed by atoms with van der Waals surface area (Å²) in [6.07, 6.45) is 0. The Kier molecular flexibility index (Phi) is 3.45. The second kappa shape index (κ2) is 5.02. The summed E-state index contributed by atoms with van der Waals surface area (Å²) < 4.78 is 3.07. The second-order valence-corrected chi connectivity index (χ2v) is 4.49. The van der Waals surface area contributed by atoms with Crippen LogP contribution in [0.15, 0.2) is 47.4 Å². The summed E-state index contributed by atoms with van der Waals surface area (Å²) in [6, 6.07) is 16.5. The molecule has 0 bridgehead atoms. The lowest BCUT2D eigenvalue weighted by Crippen LogP contribution is -2.15. The summed E-state index contributed by atoms with van der Waals surface area (Å²) in [5.41, 5.74) is 0. The number of hydrogen-bond donors (Lipinski definition) is 1. The fraction of sp³-hybridized carbons (Fsp3) is 0.154. The van der Waals surface area contributed by atoms with E-state index in [1.165, 1.54) is 22.7 Å². The van der Waals surface area contributed by atoms with Gasteiger partial charge in [-0.05, 0) is 41.8 Å². The van der Waals surface area contributed by atoms with Crippen LogP contribution in [0.5, 0.6) is 0 Å². The fourth-order valence-corrected chi connectivity index (χ4v) is 2.10. The van der Waals surface area contributed by atoms with Crippen LogP contribution in [0.25, 0.3) is 10.8 Å². The molecule has 3 heteroatoms.